The summed E-state index contributed by atoms with van der Waals surface area (Å²) in [5.74, 6) is -4.76. The van der Waals surface area contributed by atoms with Crippen LogP contribution in [0.1, 0.15) is 39.9 Å². The fraction of sp³-hybridized carbons (Fsp3) is 0.300. The Morgan fingerprint density at radius 1 is 1.25 bits per heavy atom. The van der Waals surface area contributed by atoms with Crippen LogP contribution in [0.4, 0.5) is 23.7 Å². The van der Waals surface area contributed by atoms with Crippen LogP contribution in [0.15, 0.2) is 24.7 Å². The Morgan fingerprint density at radius 2 is 1.94 bits per heavy atom. The minimum Gasteiger partial charge on any atom is -0.465 e. The van der Waals surface area contributed by atoms with Crippen molar-refractivity contribution in [2.24, 2.45) is 14.1 Å². The number of carboxylic acid groups (broad SMARTS) is 1. The van der Waals surface area contributed by atoms with E-state index in [4.69, 9.17) is 0 Å². The first kappa shape index (κ1) is 21.4. The zero-order valence-corrected chi connectivity index (χ0v) is 17.1. The minimum atomic E-state index is -1.62. The van der Waals surface area contributed by atoms with Gasteiger partial charge in [-0.15, -0.1) is 0 Å². The van der Waals surface area contributed by atoms with Gasteiger partial charge in [-0.05, 0) is 24.0 Å². The summed E-state index contributed by atoms with van der Waals surface area (Å²) in [5.41, 5.74) is 1.30. The van der Waals surface area contributed by atoms with Crippen LogP contribution < -0.4 is 5.32 Å². The maximum Gasteiger partial charge on any atom is 0.408 e. The minimum absolute atomic E-state index is 0.0230. The van der Waals surface area contributed by atoms with Gasteiger partial charge in [0, 0.05) is 38.1 Å². The summed E-state index contributed by atoms with van der Waals surface area (Å²) in [6, 6.07) is 0.863. The third-order valence-electron chi connectivity index (χ3n) is 5.38. The van der Waals surface area contributed by atoms with E-state index in [1.165, 1.54) is 20.5 Å². The van der Waals surface area contributed by atoms with Crippen molar-refractivity contribution < 1.29 is 27.9 Å². The molecule has 32 heavy (non-hydrogen) atoms. The number of nitrogens with one attached hydrogen (secondary N) is 1. The summed E-state index contributed by atoms with van der Waals surface area (Å²) >= 11 is 0. The number of halogens is 3. The Bertz CT molecular complexity index is 1200. The second-order valence-electron chi connectivity index (χ2n) is 7.53. The molecule has 3 aromatic rings. The molecule has 0 bridgehead atoms. The molecule has 0 saturated heterocycles. The van der Waals surface area contributed by atoms with Crippen LogP contribution in [0.2, 0.25) is 0 Å². The molecule has 9 nitrogen and oxygen atoms in total. The first-order valence-corrected chi connectivity index (χ1v) is 9.63. The van der Waals surface area contributed by atoms with Gasteiger partial charge >= 0.3 is 6.09 Å². The molecule has 0 spiro atoms. The van der Waals surface area contributed by atoms with Crippen molar-refractivity contribution in [1.29, 1.82) is 0 Å². The number of hydrogen-bond donors (Lipinski definition) is 2. The van der Waals surface area contributed by atoms with Crippen molar-refractivity contribution in [2.75, 3.05) is 5.32 Å². The van der Waals surface area contributed by atoms with Gasteiger partial charge in [0.05, 0.1) is 12.6 Å². The molecule has 0 fully saturated rings. The van der Waals surface area contributed by atoms with Crippen molar-refractivity contribution in [3.8, 4) is 0 Å². The van der Waals surface area contributed by atoms with Gasteiger partial charge in [0.15, 0.2) is 23.3 Å². The molecule has 2 N–H and O–H groups in total. The molecule has 2 heterocycles. The number of nitrogens with zero attached hydrogens (tertiary/aromatic N) is 5. The van der Waals surface area contributed by atoms with Gasteiger partial charge in [0.25, 0.3) is 5.91 Å². The first-order valence-electron chi connectivity index (χ1n) is 9.63. The summed E-state index contributed by atoms with van der Waals surface area (Å²) in [4.78, 5) is 30.1. The van der Waals surface area contributed by atoms with Crippen molar-refractivity contribution in [3.63, 3.8) is 0 Å². The fourth-order valence-corrected chi connectivity index (χ4v) is 4.05. The molecule has 1 aromatic carbocycles. The predicted octanol–water partition coefficient (Wildman–Crippen LogP) is 2.99. The Morgan fingerprint density at radius 3 is 2.53 bits per heavy atom. The zero-order valence-electron chi connectivity index (χ0n) is 17.1. The maximum atomic E-state index is 13.5. The second kappa shape index (κ2) is 8.02. The molecule has 2 amide bonds. The van der Waals surface area contributed by atoms with E-state index in [1.54, 1.807) is 20.3 Å². The number of rotatable bonds is 5. The average Bonchev–Trinajstić information content (AvgIpc) is 3.38. The van der Waals surface area contributed by atoms with E-state index in [-0.39, 0.29) is 17.9 Å². The highest BCUT2D eigenvalue weighted by Crippen LogP contribution is 2.39. The number of fused-ring (bicyclic) bond motifs is 1. The summed E-state index contributed by atoms with van der Waals surface area (Å²) < 4.78 is 43.1. The lowest BCUT2D eigenvalue weighted by Gasteiger charge is -2.25. The number of carbonyl (C=O) groups excluding carboxylic acids is 1. The number of carbonyl (C=O) groups is 2. The number of amides is 2. The molecule has 0 saturated carbocycles. The molecule has 0 radical (unpaired) electrons. The third-order valence-corrected chi connectivity index (χ3v) is 5.38. The quantitative estimate of drug-likeness (QED) is 0.584. The monoisotopic (exact) mass is 448 g/mol. The van der Waals surface area contributed by atoms with Crippen LogP contribution in [0.25, 0.3) is 0 Å². The van der Waals surface area contributed by atoms with Crippen LogP contribution in [-0.2, 0) is 27.1 Å². The number of aromatic nitrogens is 4. The molecular weight excluding hydrogens is 429 g/mol. The number of hydrogen-bond acceptors (Lipinski definition) is 4. The summed E-state index contributed by atoms with van der Waals surface area (Å²) in [7, 11) is 3.29. The topological polar surface area (TPSA) is 105 Å². The number of benzene rings is 1. The van der Waals surface area contributed by atoms with Gasteiger partial charge in [-0.3, -0.25) is 14.4 Å². The lowest BCUT2D eigenvalue weighted by Crippen LogP contribution is -2.32. The average molecular weight is 448 g/mol. The summed E-state index contributed by atoms with van der Waals surface area (Å²) in [6.07, 6.45) is 2.86. The molecule has 0 aliphatic heterocycles. The van der Waals surface area contributed by atoms with E-state index >= 15 is 0 Å². The van der Waals surface area contributed by atoms with E-state index < -0.39 is 35.5 Å². The molecule has 168 valence electrons. The molecular formula is C20H19F3N6O3. The van der Waals surface area contributed by atoms with Crippen LogP contribution >= 0.6 is 0 Å². The van der Waals surface area contributed by atoms with Gasteiger partial charge in [0.1, 0.15) is 12.0 Å². The van der Waals surface area contributed by atoms with Crippen molar-refractivity contribution in [2.45, 2.75) is 25.4 Å². The van der Waals surface area contributed by atoms with Crippen LogP contribution in [0.5, 0.6) is 0 Å². The Hall–Kier alpha value is -3.83. The largest absolute Gasteiger partial charge is 0.465 e. The lowest BCUT2D eigenvalue weighted by atomic mass is 10.1. The third kappa shape index (κ3) is 3.79. The van der Waals surface area contributed by atoms with Gasteiger partial charge in [-0.1, -0.05) is 0 Å². The van der Waals surface area contributed by atoms with E-state index in [0.717, 1.165) is 0 Å². The Kier molecular flexibility index (Phi) is 5.36. The Balaban J connectivity index is 1.61. The summed E-state index contributed by atoms with van der Waals surface area (Å²) in [6.45, 7) is -0.0230. The molecule has 1 aliphatic carbocycles. The molecule has 1 aliphatic rings. The second-order valence-corrected chi connectivity index (χ2v) is 7.53. The van der Waals surface area contributed by atoms with Crippen LogP contribution in [0, 0.1) is 17.5 Å². The van der Waals surface area contributed by atoms with Crippen molar-refractivity contribution in [3.05, 3.63) is 64.8 Å². The first-order chi connectivity index (χ1) is 15.2. The van der Waals surface area contributed by atoms with Gasteiger partial charge in [0.2, 0.25) is 0 Å². The van der Waals surface area contributed by atoms with Crippen molar-refractivity contribution >= 4 is 17.7 Å². The molecule has 1 unspecified atom stereocenters. The van der Waals surface area contributed by atoms with Crippen LogP contribution in [-0.4, -0.2) is 41.3 Å². The van der Waals surface area contributed by atoms with E-state index in [2.05, 4.69) is 15.4 Å². The predicted molar refractivity (Wildman–Crippen MR) is 105 cm³/mol. The maximum absolute atomic E-state index is 13.5. The van der Waals surface area contributed by atoms with E-state index in [9.17, 15) is 27.9 Å². The Labute approximate surface area is 180 Å². The lowest BCUT2D eigenvalue weighted by molar-refractivity contribution is 0.101. The molecule has 4 rings (SSSR count). The fourth-order valence-electron chi connectivity index (χ4n) is 4.05. The smallest absolute Gasteiger partial charge is 0.408 e. The SMILES string of the molecule is Cn1cnc(CN(C(=O)O)C2CCc3c2cn(C)c3C(=O)Nc2cc(F)c(F)c(F)c2)n1. The number of anilines is 1. The summed E-state index contributed by atoms with van der Waals surface area (Å²) in [5, 5.41) is 16.3. The highest BCUT2D eigenvalue weighted by atomic mass is 19.2. The molecule has 2 aromatic heterocycles. The van der Waals surface area contributed by atoms with Crippen LogP contribution in [0.3, 0.4) is 0 Å². The van der Waals surface area contributed by atoms with Gasteiger partial charge in [-0.25, -0.2) is 22.9 Å². The highest BCUT2D eigenvalue weighted by molar-refractivity contribution is 6.04. The van der Waals surface area contributed by atoms with Gasteiger partial charge < -0.3 is 15.0 Å². The molecule has 12 heteroatoms. The van der Waals surface area contributed by atoms with Crippen molar-refractivity contribution in [1.82, 2.24) is 24.2 Å². The van der Waals surface area contributed by atoms with Gasteiger partial charge in [-0.2, -0.15) is 5.10 Å². The van der Waals surface area contributed by atoms with E-state index in [0.29, 0.717) is 41.9 Å². The molecule has 1 atom stereocenters. The zero-order chi connectivity index (χ0) is 23.2. The number of aryl methyl sites for hydroxylation is 2. The normalized spacial score (nSPS) is 15.0. The highest BCUT2D eigenvalue weighted by Gasteiger charge is 2.36. The van der Waals surface area contributed by atoms with E-state index in [1.807, 2.05) is 0 Å². The standard InChI is InChI=1S/C20H19F3N6O3/c1-27-7-12-11(18(27)19(30)25-10-5-13(21)17(23)14(22)6-10)3-4-15(12)29(20(31)32)8-16-24-9-28(2)26-16/h5-7,9,15H,3-4,8H2,1-2H3,(H,25,30)(H,31,32).